The van der Waals surface area contributed by atoms with Crippen molar-refractivity contribution in [2.24, 2.45) is 0 Å². The Balaban J connectivity index is 1.28. The number of alkyl halides is 3. The van der Waals surface area contributed by atoms with Crippen molar-refractivity contribution in [2.45, 2.75) is 29.6 Å². The van der Waals surface area contributed by atoms with Crippen molar-refractivity contribution in [3.05, 3.63) is 71.8 Å². The molecule has 2 atom stereocenters. The third-order valence-corrected chi connectivity index (χ3v) is 8.40. The minimum atomic E-state index is -4.52. The topological polar surface area (TPSA) is 135 Å². The number of hydrogen-bond acceptors (Lipinski definition) is 7. The first-order valence-electron chi connectivity index (χ1n) is 11.6. The maximum Gasteiger partial charge on any atom is 0.417 e. The highest BCUT2D eigenvalue weighted by atomic mass is 32.2. The lowest BCUT2D eigenvalue weighted by atomic mass is 10.0. The van der Waals surface area contributed by atoms with E-state index in [0.717, 1.165) is 16.4 Å². The number of aliphatic hydroxyl groups excluding tert-OH is 1. The van der Waals surface area contributed by atoms with Crippen LogP contribution in [-0.2, 0) is 16.2 Å². The van der Waals surface area contributed by atoms with E-state index in [1.807, 2.05) is 6.07 Å². The van der Waals surface area contributed by atoms with Gasteiger partial charge in [0.05, 0.1) is 22.6 Å². The molecule has 0 spiro atoms. The third-order valence-electron chi connectivity index (χ3n) is 6.52. The monoisotopic (exact) mass is 560 g/mol. The third kappa shape index (κ3) is 5.16. The maximum atomic E-state index is 14.5. The van der Waals surface area contributed by atoms with E-state index in [0.29, 0.717) is 22.7 Å². The molecule has 14 heteroatoms. The molecule has 3 heterocycles. The van der Waals surface area contributed by atoms with Gasteiger partial charge in [-0.05, 0) is 53.9 Å². The number of anilines is 1. The van der Waals surface area contributed by atoms with E-state index in [2.05, 4.69) is 20.5 Å². The maximum absolute atomic E-state index is 14.5. The summed E-state index contributed by atoms with van der Waals surface area (Å²) in [4.78, 5) is 3.70. The first-order valence-corrected chi connectivity index (χ1v) is 13.1. The van der Waals surface area contributed by atoms with Crippen molar-refractivity contribution < 1.29 is 31.1 Å². The average Bonchev–Trinajstić information content (AvgIpc) is 3.33. The molecule has 0 saturated carbocycles. The number of nitriles is 1. The summed E-state index contributed by atoms with van der Waals surface area (Å²) >= 11 is 0. The Bertz CT molecular complexity index is 1670. The van der Waals surface area contributed by atoms with Crippen LogP contribution in [0.5, 0.6) is 0 Å². The lowest BCUT2D eigenvalue weighted by Crippen LogP contribution is -2.51. The van der Waals surface area contributed by atoms with Crippen molar-refractivity contribution in [2.75, 3.05) is 18.4 Å². The molecule has 5 rings (SSSR count). The van der Waals surface area contributed by atoms with E-state index >= 15 is 0 Å². The molecule has 1 saturated heterocycles. The van der Waals surface area contributed by atoms with Crippen LogP contribution >= 0.6 is 0 Å². The fraction of sp³-hybridized carbons (Fsp3) is 0.240. The zero-order chi connectivity index (χ0) is 27.9. The van der Waals surface area contributed by atoms with Crippen LogP contribution in [0.4, 0.5) is 23.4 Å². The van der Waals surface area contributed by atoms with Gasteiger partial charge in [0.25, 0.3) is 0 Å². The van der Waals surface area contributed by atoms with Crippen LogP contribution in [0.2, 0.25) is 0 Å². The molecule has 0 bridgehead atoms. The molecule has 1 fully saturated rings. The van der Waals surface area contributed by atoms with Gasteiger partial charge in [-0.3, -0.25) is 5.10 Å². The number of halogens is 4. The van der Waals surface area contributed by atoms with E-state index in [-0.39, 0.29) is 41.4 Å². The molecule has 0 unspecified atom stereocenters. The van der Waals surface area contributed by atoms with Gasteiger partial charge in [-0.1, -0.05) is 12.1 Å². The Morgan fingerprint density at radius 2 is 1.87 bits per heavy atom. The minimum Gasteiger partial charge on any atom is -0.390 e. The number of benzene rings is 2. The van der Waals surface area contributed by atoms with Crippen LogP contribution in [0, 0.1) is 17.1 Å². The van der Waals surface area contributed by atoms with E-state index in [1.165, 1.54) is 30.3 Å². The highest BCUT2D eigenvalue weighted by molar-refractivity contribution is 7.89. The van der Waals surface area contributed by atoms with Gasteiger partial charge in [-0.25, -0.2) is 17.8 Å². The first-order chi connectivity index (χ1) is 18.5. The quantitative estimate of drug-likeness (QED) is 0.315. The summed E-state index contributed by atoms with van der Waals surface area (Å²) in [5.41, 5.74) is 0.183. The second kappa shape index (κ2) is 9.92. The fourth-order valence-corrected chi connectivity index (χ4v) is 5.90. The molecule has 1 aliphatic heterocycles. The molecule has 0 amide bonds. The molecule has 39 heavy (non-hydrogen) atoms. The molecule has 9 nitrogen and oxygen atoms in total. The lowest BCUT2D eigenvalue weighted by Gasteiger charge is -2.35. The molecule has 1 aliphatic rings. The lowest BCUT2D eigenvalue weighted by molar-refractivity contribution is -0.137. The number of aliphatic hydroxyl groups is 1. The van der Waals surface area contributed by atoms with Crippen molar-refractivity contribution in [1.82, 2.24) is 19.5 Å². The number of H-pyrrole nitrogens is 1. The summed E-state index contributed by atoms with van der Waals surface area (Å²) in [6.45, 7) is -0.180. The summed E-state index contributed by atoms with van der Waals surface area (Å²) in [5.74, 6) is -0.476. The molecule has 0 radical (unpaired) electrons. The van der Waals surface area contributed by atoms with Gasteiger partial charge in [0, 0.05) is 24.7 Å². The van der Waals surface area contributed by atoms with Crippen LogP contribution in [0.1, 0.15) is 17.7 Å². The molecule has 202 valence electrons. The van der Waals surface area contributed by atoms with Gasteiger partial charge in [0.2, 0.25) is 10.0 Å². The van der Waals surface area contributed by atoms with Crippen LogP contribution in [0.3, 0.4) is 0 Å². The number of nitrogens with zero attached hydrogens (tertiary/aromatic N) is 4. The summed E-state index contributed by atoms with van der Waals surface area (Å²) in [6, 6.07) is 11.9. The van der Waals surface area contributed by atoms with Crippen LogP contribution in [0.25, 0.3) is 22.0 Å². The highest BCUT2D eigenvalue weighted by Gasteiger charge is 2.35. The number of pyridine rings is 1. The molecular formula is C25H20F4N6O3S. The predicted molar refractivity (Wildman–Crippen MR) is 132 cm³/mol. The summed E-state index contributed by atoms with van der Waals surface area (Å²) in [5, 5.41) is 29.2. The molecule has 2 aromatic heterocycles. The number of rotatable bonds is 5. The van der Waals surface area contributed by atoms with Crippen molar-refractivity contribution in [1.29, 1.82) is 5.26 Å². The van der Waals surface area contributed by atoms with Gasteiger partial charge < -0.3 is 10.4 Å². The van der Waals surface area contributed by atoms with Crippen molar-refractivity contribution in [3.8, 4) is 17.2 Å². The number of aromatic nitrogens is 3. The smallest absolute Gasteiger partial charge is 0.390 e. The van der Waals surface area contributed by atoms with Gasteiger partial charge in [0.15, 0.2) is 5.69 Å². The van der Waals surface area contributed by atoms with Crippen molar-refractivity contribution >= 4 is 26.7 Å². The minimum absolute atomic E-state index is 0.0307. The van der Waals surface area contributed by atoms with Crippen molar-refractivity contribution in [3.63, 3.8) is 0 Å². The number of β-amino-alcohol motifs (C(OH)–C–C–N with tert-alkyl or cyclic N) is 1. The number of fused-ring (bicyclic) bond motifs is 1. The Morgan fingerprint density at radius 1 is 1.13 bits per heavy atom. The van der Waals surface area contributed by atoms with Gasteiger partial charge in [0.1, 0.15) is 23.2 Å². The number of sulfonamides is 1. The number of hydrogen-bond donors (Lipinski definition) is 3. The molecule has 2 aromatic carbocycles. The van der Waals surface area contributed by atoms with E-state index in [4.69, 9.17) is 0 Å². The van der Waals surface area contributed by atoms with E-state index < -0.39 is 39.7 Å². The average molecular weight is 561 g/mol. The summed E-state index contributed by atoms with van der Waals surface area (Å²) in [7, 11) is -3.98. The van der Waals surface area contributed by atoms with Crippen LogP contribution in [-0.4, -0.2) is 58.2 Å². The normalized spacial score (nSPS) is 18.7. The zero-order valence-corrected chi connectivity index (χ0v) is 20.8. The van der Waals surface area contributed by atoms with Gasteiger partial charge >= 0.3 is 6.18 Å². The van der Waals surface area contributed by atoms with Gasteiger partial charge in [-0.2, -0.15) is 27.8 Å². The Labute approximate surface area is 219 Å². The Kier molecular flexibility index (Phi) is 6.75. The number of aromatic amines is 1. The molecule has 3 N–H and O–H groups in total. The molecule has 0 aliphatic carbocycles. The Morgan fingerprint density at radius 3 is 2.49 bits per heavy atom. The van der Waals surface area contributed by atoms with Crippen LogP contribution < -0.4 is 5.32 Å². The van der Waals surface area contributed by atoms with E-state index in [9.17, 15) is 36.3 Å². The van der Waals surface area contributed by atoms with E-state index in [1.54, 1.807) is 6.07 Å². The zero-order valence-electron chi connectivity index (χ0n) is 19.9. The van der Waals surface area contributed by atoms with Gasteiger partial charge in [-0.15, -0.1) is 0 Å². The fourth-order valence-electron chi connectivity index (χ4n) is 4.43. The second-order valence-corrected chi connectivity index (χ2v) is 10.9. The largest absolute Gasteiger partial charge is 0.417 e. The molecular weight excluding hydrogens is 540 g/mol. The van der Waals surface area contributed by atoms with Crippen LogP contribution in [0.15, 0.2) is 59.6 Å². The number of nitrogens with one attached hydrogen (secondary N) is 2. The summed E-state index contributed by atoms with van der Waals surface area (Å²) < 4.78 is 80.3. The number of piperidine rings is 1. The predicted octanol–water partition coefficient (Wildman–Crippen LogP) is 3.89. The second-order valence-electron chi connectivity index (χ2n) is 8.99. The summed E-state index contributed by atoms with van der Waals surface area (Å²) in [6.07, 6.45) is -4.79. The highest BCUT2D eigenvalue weighted by Crippen LogP contribution is 2.31. The Hall–Kier alpha value is -4.06. The first kappa shape index (κ1) is 26.5. The standard InChI is InChI=1S/C25H20F4N6O3S/c26-19-10-15(9-18-21(11-30)33-34-24(18)19)14-1-4-17(5-2-14)39(37,38)35-8-7-20(22(36)13-35)32-23-6-3-16(12-31-23)25(27,28)29/h1-6,9-10,12,20,22,36H,7-8,13H2,(H,31,32)(H,33,34)/t20-,22+/m1/s1. The SMILES string of the molecule is N#Cc1n[nH]c2c(F)cc(-c3ccc(S(=O)(=O)N4CC[C@@H](Nc5ccc(C(F)(F)F)cn5)[C@@H](O)C4)cc3)cc12. The molecule has 4 aromatic rings.